The molecule has 3 rings (SSSR count). The zero-order valence-corrected chi connectivity index (χ0v) is 11.7. The molecular weight excluding hydrogens is 260 g/mol. The lowest BCUT2D eigenvalue weighted by atomic mass is 10.0. The first-order valence-corrected chi connectivity index (χ1v) is 7.09. The molecule has 1 unspecified atom stereocenters. The first-order chi connectivity index (χ1) is 10.4. The van der Waals surface area contributed by atoms with E-state index in [1.165, 1.54) is 10.9 Å². The zero-order chi connectivity index (χ0) is 14.5. The third-order valence-electron chi connectivity index (χ3n) is 3.69. The number of pyridine rings is 1. The number of nitrogens with zero attached hydrogens (tertiary/aromatic N) is 1. The van der Waals surface area contributed by atoms with Crippen molar-refractivity contribution < 1.29 is 5.11 Å². The van der Waals surface area contributed by atoms with Gasteiger partial charge in [0.2, 0.25) is 0 Å². The van der Waals surface area contributed by atoms with Gasteiger partial charge in [0, 0.05) is 24.3 Å². The molecule has 0 spiro atoms. The van der Waals surface area contributed by atoms with Gasteiger partial charge in [-0.1, -0.05) is 48.5 Å². The summed E-state index contributed by atoms with van der Waals surface area (Å²) in [5, 5.41) is 15.4. The van der Waals surface area contributed by atoms with Crippen molar-refractivity contribution in [3.8, 4) is 0 Å². The molecule has 0 aliphatic rings. The quantitative estimate of drug-likeness (QED) is 0.754. The van der Waals surface area contributed by atoms with Crippen LogP contribution < -0.4 is 5.32 Å². The molecule has 0 aliphatic carbocycles. The molecule has 1 aromatic heterocycles. The van der Waals surface area contributed by atoms with Gasteiger partial charge < -0.3 is 10.4 Å². The van der Waals surface area contributed by atoms with Crippen LogP contribution in [0, 0.1) is 0 Å². The number of hydrogen-bond acceptors (Lipinski definition) is 3. The Labute approximate surface area is 124 Å². The standard InChI is InChI=1S/C18H18N2O/c21-13-18(14-5-2-1-3-6-14)20-12-16-8-4-7-15-11-19-10-9-17(15)16/h1-11,18,20-21H,12-13H2. The molecule has 0 aliphatic heterocycles. The van der Waals surface area contributed by atoms with Gasteiger partial charge in [0.1, 0.15) is 0 Å². The zero-order valence-electron chi connectivity index (χ0n) is 11.7. The summed E-state index contributed by atoms with van der Waals surface area (Å²) in [4.78, 5) is 4.15. The molecule has 2 N–H and O–H groups in total. The predicted molar refractivity (Wildman–Crippen MR) is 84.9 cm³/mol. The van der Waals surface area contributed by atoms with E-state index in [1.807, 2.05) is 54.9 Å². The smallest absolute Gasteiger partial charge is 0.0626 e. The molecule has 0 amide bonds. The maximum absolute atomic E-state index is 9.60. The Kier molecular flexibility index (Phi) is 4.24. The van der Waals surface area contributed by atoms with Crippen molar-refractivity contribution in [3.05, 3.63) is 78.1 Å². The topological polar surface area (TPSA) is 45.1 Å². The Bertz CT molecular complexity index is 707. The van der Waals surface area contributed by atoms with Crippen molar-refractivity contribution in [3.63, 3.8) is 0 Å². The fourth-order valence-corrected chi connectivity index (χ4v) is 2.55. The van der Waals surface area contributed by atoms with Crippen LogP contribution in [0.15, 0.2) is 67.0 Å². The minimum Gasteiger partial charge on any atom is -0.394 e. The molecule has 0 fully saturated rings. The number of hydrogen-bond donors (Lipinski definition) is 2. The number of fused-ring (bicyclic) bond motifs is 1. The van der Waals surface area contributed by atoms with Gasteiger partial charge in [-0.2, -0.15) is 0 Å². The van der Waals surface area contributed by atoms with Crippen LogP contribution in [-0.4, -0.2) is 16.7 Å². The van der Waals surface area contributed by atoms with Gasteiger partial charge in [-0.15, -0.1) is 0 Å². The van der Waals surface area contributed by atoms with Crippen LogP contribution in [-0.2, 0) is 6.54 Å². The lowest BCUT2D eigenvalue weighted by Crippen LogP contribution is -2.24. The fraction of sp³-hybridized carbons (Fsp3) is 0.167. The van der Waals surface area contributed by atoms with Crippen molar-refractivity contribution in [1.29, 1.82) is 0 Å². The van der Waals surface area contributed by atoms with Crippen LogP contribution in [0.2, 0.25) is 0 Å². The van der Waals surface area contributed by atoms with E-state index in [9.17, 15) is 5.11 Å². The maximum atomic E-state index is 9.60. The van der Waals surface area contributed by atoms with Crippen molar-refractivity contribution in [2.24, 2.45) is 0 Å². The average molecular weight is 278 g/mol. The second-order valence-electron chi connectivity index (χ2n) is 5.04. The molecular formula is C18H18N2O. The normalized spacial score (nSPS) is 12.4. The Morgan fingerprint density at radius 2 is 1.86 bits per heavy atom. The van der Waals surface area contributed by atoms with Crippen LogP contribution in [0.3, 0.4) is 0 Å². The highest BCUT2D eigenvalue weighted by Gasteiger charge is 2.09. The largest absolute Gasteiger partial charge is 0.394 e. The lowest BCUT2D eigenvalue weighted by Gasteiger charge is -2.17. The van der Waals surface area contributed by atoms with Crippen molar-refractivity contribution in [2.75, 3.05) is 6.61 Å². The van der Waals surface area contributed by atoms with Crippen molar-refractivity contribution in [2.45, 2.75) is 12.6 Å². The van der Waals surface area contributed by atoms with E-state index in [0.717, 1.165) is 10.9 Å². The highest BCUT2D eigenvalue weighted by Crippen LogP contribution is 2.19. The number of nitrogens with one attached hydrogen (secondary N) is 1. The fourth-order valence-electron chi connectivity index (χ4n) is 2.55. The van der Waals surface area contributed by atoms with E-state index in [2.05, 4.69) is 22.4 Å². The molecule has 21 heavy (non-hydrogen) atoms. The summed E-state index contributed by atoms with van der Waals surface area (Å²) in [5.74, 6) is 0. The van der Waals surface area contributed by atoms with Gasteiger partial charge in [0.25, 0.3) is 0 Å². The predicted octanol–water partition coefficient (Wildman–Crippen LogP) is 3.06. The van der Waals surface area contributed by atoms with E-state index in [4.69, 9.17) is 0 Å². The molecule has 0 bridgehead atoms. The lowest BCUT2D eigenvalue weighted by molar-refractivity contribution is 0.244. The molecule has 1 heterocycles. The van der Waals surface area contributed by atoms with Crippen LogP contribution in [0.25, 0.3) is 10.8 Å². The minimum absolute atomic E-state index is 0.0525. The molecule has 3 aromatic rings. The molecule has 1 atom stereocenters. The molecule has 0 saturated carbocycles. The summed E-state index contributed by atoms with van der Waals surface area (Å²) in [6.07, 6.45) is 3.69. The van der Waals surface area contributed by atoms with Gasteiger partial charge in [0.15, 0.2) is 0 Å². The van der Waals surface area contributed by atoms with Gasteiger partial charge >= 0.3 is 0 Å². The third kappa shape index (κ3) is 3.10. The van der Waals surface area contributed by atoms with E-state index in [1.54, 1.807) is 0 Å². The van der Waals surface area contributed by atoms with Gasteiger partial charge in [-0.3, -0.25) is 4.98 Å². The van der Waals surface area contributed by atoms with Crippen molar-refractivity contribution >= 4 is 10.8 Å². The summed E-state index contributed by atoms with van der Waals surface area (Å²) < 4.78 is 0. The Balaban J connectivity index is 1.79. The second-order valence-corrected chi connectivity index (χ2v) is 5.04. The van der Waals surface area contributed by atoms with Crippen LogP contribution in [0.4, 0.5) is 0 Å². The molecule has 0 radical (unpaired) electrons. The first-order valence-electron chi connectivity index (χ1n) is 7.09. The van der Waals surface area contributed by atoms with Crippen molar-refractivity contribution in [1.82, 2.24) is 10.3 Å². The number of aliphatic hydroxyl groups is 1. The van der Waals surface area contributed by atoms with Crippen LogP contribution in [0.5, 0.6) is 0 Å². The number of aromatic nitrogens is 1. The third-order valence-corrected chi connectivity index (χ3v) is 3.69. The molecule has 0 saturated heterocycles. The summed E-state index contributed by atoms with van der Waals surface area (Å²) in [6.45, 7) is 0.789. The summed E-state index contributed by atoms with van der Waals surface area (Å²) in [7, 11) is 0. The highest BCUT2D eigenvalue weighted by atomic mass is 16.3. The van der Waals surface area contributed by atoms with Crippen LogP contribution in [0.1, 0.15) is 17.2 Å². The number of rotatable bonds is 5. The van der Waals surface area contributed by atoms with Crippen LogP contribution >= 0.6 is 0 Å². The van der Waals surface area contributed by atoms with E-state index in [-0.39, 0.29) is 12.6 Å². The second kappa shape index (κ2) is 6.48. The average Bonchev–Trinajstić information content (AvgIpc) is 2.56. The summed E-state index contributed by atoms with van der Waals surface area (Å²) in [6, 6.07) is 18.2. The Morgan fingerprint density at radius 3 is 2.67 bits per heavy atom. The summed E-state index contributed by atoms with van der Waals surface area (Å²) >= 11 is 0. The maximum Gasteiger partial charge on any atom is 0.0626 e. The molecule has 106 valence electrons. The monoisotopic (exact) mass is 278 g/mol. The van der Waals surface area contributed by atoms with Gasteiger partial charge in [-0.25, -0.2) is 0 Å². The van der Waals surface area contributed by atoms with E-state index < -0.39 is 0 Å². The van der Waals surface area contributed by atoms with Gasteiger partial charge in [0.05, 0.1) is 12.6 Å². The molecule has 3 nitrogen and oxygen atoms in total. The minimum atomic E-state index is -0.0525. The molecule has 2 aromatic carbocycles. The Morgan fingerprint density at radius 1 is 1.00 bits per heavy atom. The number of aliphatic hydroxyl groups excluding tert-OH is 1. The van der Waals surface area contributed by atoms with E-state index in [0.29, 0.717) is 6.54 Å². The summed E-state index contributed by atoms with van der Waals surface area (Å²) in [5.41, 5.74) is 2.31. The molecule has 3 heteroatoms. The Hall–Kier alpha value is -2.23. The van der Waals surface area contributed by atoms with Gasteiger partial charge in [-0.05, 0) is 22.6 Å². The highest BCUT2D eigenvalue weighted by molar-refractivity contribution is 5.84. The first kappa shape index (κ1) is 13.7. The van der Waals surface area contributed by atoms with E-state index >= 15 is 0 Å². The SMILES string of the molecule is OCC(NCc1cccc2cnccc12)c1ccccc1. The number of benzene rings is 2.